The molecule has 0 nitrogen and oxygen atoms in total. The van der Waals surface area contributed by atoms with Crippen molar-refractivity contribution >= 4 is 34.7 Å². The van der Waals surface area contributed by atoms with E-state index in [-0.39, 0.29) is 0 Å². The molecule has 0 aliphatic heterocycles. The molecule has 4 heteroatoms. The van der Waals surface area contributed by atoms with Gasteiger partial charge in [0, 0.05) is 5.16 Å². The van der Waals surface area contributed by atoms with Crippen molar-refractivity contribution in [3.63, 3.8) is 0 Å². The van der Waals surface area contributed by atoms with Gasteiger partial charge in [-0.15, -0.1) is 0 Å². The number of halogens is 1. The van der Waals surface area contributed by atoms with E-state index in [1.807, 2.05) is 0 Å². The Labute approximate surface area is 116 Å². The van der Waals surface area contributed by atoms with Crippen LogP contribution >= 0.6 is 18.5 Å². The summed E-state index contributed by atoms with van der Waals surface area (Å²) in [5.74, 6) is 0. The van der Waals surface area contributed by atoms with Gasteiger partial charge < -0.3 is 0 Å². The zero-order valence-electron chi connectivity index (χ0n) is 12.5. The fourth-order valence-corrected chi connectivity index (χ4v) is 28.1. The minimum Gasteiger partial charge on any atom is -0.0992 e. The highest BCUT2D eigenvalue weighted by molar-refractivity contribution is 7.89. The number of hydrogen-bond acceptors (Lipinski definition) is 0. The summed E-state index contributed by atoms with van der Waals surface area (Å²) >= 11 is 7.04. The summed E-state index contributed by atoms with van der Waals surface area (Å²) in [6.07, 6.45) is 2.59. The first-order valence-electron chi connectivity index (χ1n) is 6.54. The molecule has 0 bridgehead atoms. The van der Waals surface area contributed by atoms with Crippen LogP contribution in [-0.4, -0.2) is 26.2 Å². The number of allylic oxidation sites excluding steroid dienone is 1. The van der Waals surface area contributed by atoms with Gasteiger partial charge in [0.25, 0.3) is 0 Å². The van der Waals surface area contributed by atoms with Crippen LogP contribution in [-0.2, 0) is 0 Å². The summed E-state index contributed by atoms with van der Waals surface area (Å²) in [6, 6.07) is 0. The summed E-state index contributed by atoms with van der Waals surface area (Å²) in [5, 5.41) is 0.349. The second kappa shape index (κ2) is 4.78. The van der Waals surface area contributed by atoms with E-state index in [1.54, 1.807) is 0 Å². The first-order valence-corrected chi connectivity index (χ1v) is 16.0. The molecular formula is C13H28ClPSi2. The van der Waals surface area contributed by atoms with Crippen LogP contribution in [0.2, 0.25) is 39.3 Å². The lowest BCUT2D eigenvalue weighted by molar-refractivity contribution is 1.06. The molecule has 0 radical (unpaired) electrons. The Morgan fingerprint density at radius 3 is 1.65 bits per heavy atom. The van der Waals surface area contributed by atoms with Crippen molar-refractivity contribution in [3.8, 4) is 0 Å². The average Bonchev–Trinajstić information content (AvgIpc) is 2.75. The van der Waals surface area contributed by atoms with Gasteiger partial charge >= 0.3 is 0 Å². The fourth-order valence-electron chi connectivity index (χ4n) is 3.17. The van der Waals surface area contributed by atoms with Crippen LogP contribution in [0.1, 0.15) is 19.8 Å². The van der Waals surface area contributed by atoms with Gasteiger partial charge in [-0.2, -0.15) is 0 Å². The smallest absolute Gasteiger partial charge is 0.0506 e. The molecule has 0 saturated heterocycles. The third-order valence-electron chi connectivity index (χ3n) is 3.79. The van der Waals surface area contributed by atoms with E-state index in [0.29, 0.717) is 5.16 Å². The second-order valence-electron chi connectivity index (χ2n) is 7.76. The van der Waals surface area contributed by atoms with E-state index in [2.05, 4.69) is 52.8 Å². The molecule has 17 heavy (non-hydrogen) atoms. The SMILES string of the molecule is C=C(C)C1(P(Cl)C([Si](C)(C)C)[Si](C)(C)C)CC1. The van der Waals surface area contributed by atoms with Crippen LogP contribution in [0.4, 0.5) is 0 Å². The highest BCUT2D eigenvalue weighted by Crippen LogP contribution is 2.74. The third-order valence-corrected chi connectivity index (χ3v) is 23.1. The third kappa shape index (κ3) is 3.26. The van der Waals surface area contributed by atoms with E-state index in [9.17, 15) is 0 Å². The Balaban J connectivity index is 3.05. The molecule has 0 spiro atoms. The standard InChI is InChI=1S/C13H28ClPSi2/c1-11(2)13(9-10-13)15(14)12(16(3,4)5)17(6,7)8/h12H,1,9-10H2,2-8H3. The Kier molecular flexibility index (Phi) is 4.48. The van der Waals surface area contributed by atoms with Gasteiger partial charge in [-0.25, -0.2) is 0 Å². The van der Waals surface area contributed by atoms with Crippen molar-refractivity contribution < 1.29 is 0 Å². The largest absolute Gasteiger partial charge is 0.0992 e. The van der Waals surface area contributed by atoms with Gasteiger partial charge in [0.15, 0.2) is 0 Å². The van der Waals surface area contributed by atoms with Gasteiger partial charge in [-0.3, -0.25) is 0 Å². The van der Waals surface area contributed by atoms with E-state index in [1.165, 1.54) is 18.4 Å². The summed E-state index contributed by atoms with van der Waals surface area (Å²) in [7, 11) is -2.76. The maximum absolute atomic E-state index is 7.04. The first kappa shape index (κ1) is 15.9. The predicted molar refractivity (Wildman–Crippen MR) is 90.0 cm³/mol. The second-order valence-corrected chi connectivity index (χ2v) is 23.0. The van der Waals surface area contributed by atoms with Gasteiger partial charge in [-0.05, 0) is 31.9 Å². The monoisotopic (exact) mass is 306 g/mol. The molecule has 0 aromatic carbocycles. The Morgan fingerprint density at radius 1 is 1.12 bits per heavy atom. The Morgan fingerprint density at radius 2 is 1.47 bits per heavy atom. The highest BCUT2D eigenvalue weighted by Gasteiger charge is 2.56. The average molecular weight is 307 g/mol. The van der Waals surface area contributed by atoms with Crippen LogP contribution in [0, 0.1) is 0 Å². The fraction of sp³-hybridized carbons (Fsp3) is 0.846. The zero-order chi connectivity index (χ0) is 13.6. The molecule has 1 saturated carbocycles. The summed E-state index contributed by atoms with van der Waals surface area (Å²) in [5.41, 5.74) is 1.35. The Hall–Kier alpha value is 0.894. The molecule has 100 valence electrons. The molecule has 1 unspecified atom stereocenters. The topological polar surface area (TPSA) is 0 Å². The molecule has 1 aliphatic carbocycles. The van der Waals surface area contributed by atoms with Crippen molar-refractivity contribution in [3.05, 3.63) is 12.2 Å². The van der Waals surface area contributed by atoms with Gasteiger partial charge in [0.05, 0.1) is 16.1 Å². The van der Waals surface area contributed by atoms with E-state index in [0.717, 1.165) is 4.91 Å². The minimum absolute atomic E-state index is 0.349. The van der Waals surface area contributed by atoms with E-state index in [4.69, 9.17) is 11.2 Å². The minimum atomic E-state index is -1.18. The molecule has 1 atom stereocenters. The molecule has 0 aromatic rings. The summed E-state index contributed by atoms with van der Waals surface area (Å²) in [6.45, 7) is 21.4. The number of hydrogen-bond donors (Lipinski definition) is 0. The molecule has 0 aromatic heterocycles. The molecule has 0 amide bonds. The molecule has 0 N–H and O–H groups in total. The van der Waals surface area contributed by atoms with Crippen LogP contribution in [0.25, 0.3) is 0 Å². The lowest BCUT2D eigenvalue weighted by Gasteiger charge is -2.44. The quantitative estimate of drug-likeness (QED) is 0.339. The molecule has 0 heterocycles. The highest BCUT2D eigenvalue weighted by atomic mass is 35.7. The zero-order valence-corrected chi connectivity index (χ0v) is 16.2. The molecule has 1 rings (SSSR count). The van der Waals surface area contributed by atoms with Crippen molar-refractivity contribution in [1.29, 1.82) is 0 Å². The lowest BCUT2D eigenvalue weighted by atomic mass is 10.2. The molecular weight excluding hydrogens is 279 g/mol. The van der Waals surface area contributed by atoms with Crippen molar-refractivity contribution in [2.24, 2.45) is 0 Å². The normalized spacial score (nSPS) is 21.5. The Bertz CT molecular complexity index is 296. The van der Waals surface area contributed by atoms with Crippen molar-refractivity contribution in [2.45, 2.75) is 69.1 Å². The van der Waals surface area contributed by atoms with Gasteiger partial charge in [0.2, 0.25) is 0 Å². The van der Waals surface area contributed by atoms with Crippen LogP contribution in [0.15, 0.2) is 12.2 Å². The van der Waals surface area contributed by atoms with E-state index >= 15 is 0 Å². The lowest BCUT2D eigenvalue weighted by Crippen LogP contribution is -2.53. The maximum atomic E-state index is 7.04. The van der Waals surface area contributed by atoms with Gasteiger partial charge in [-0.1, -0.05) is 62.7 Å². The van der Waals surface area contributed by atoms with E-state index < -0.39 is 23.4 Å². The predicted octanol–water partition coefficient (Wildman–Crippen LogP) is 5.85. The maximum Gasteiger partial charge on any atom is 0.0506 e. The molecule has 1 fully saturated rings. The summed E-state index contributed by atoms with van der Waals surface area (Å²) in [4.78, 5) is 0.839. The first-order chi connectivity index (χ1) is 7.43. The van der Waals surface area contributed by atoms with Gasteiger partial charge in [0.1, 0.15) is 0 Å². The molecule has 1 aliphatic rings. The van der Waals surface area contributed by atoms with Crippen molar-refractivity contribution in [2.75, 3.05) is 0 Å². The summed E-state index contributed by atoms with van der Waals surface area (Å²) < 4.78 is 0. The number of rotatable bonds is 5. The van der Waals surface area contributed by atoms with Crippen LogP contribution in [0.5, 0.6) is 0 Å². The van der Waals surface area contributed by atoms with Crippen LogP contribution < -0.4 is 0 Å². The van der Waals surface area contributed by atoms with Crippen LogP contribution in [0.3, 0.4) is 0 Å². The van der Waals surface area contributed by atoms with Crippen molar-refractivity contribution in [1.82, 2.24) is 0 Å².